The van der Waals surface area contributed by atoms with Crippen molar-refractivity contribution in [3.63, 3.8) is 0 Å². The summed E-state index contributed by atoms with van der Waals surface area (Å²) < 4.78 is 0. The van der Waals surface area contributed by atoms with E-state index in [1.165, 1.54) is 6.42 Å². The van der Waals surface area contributed by atoms with Crippen LogP contribution in [0.4, 0.5) is 5.69 Å². The molecule has 1 saturated carbocycles. The number of hydrogen-bond donors (Lipinski definition) is 2. The van der Waals surface area contributed by atoms with E-state index < -0.39 is 6.10 Å². The number of nitrogens with two attached hydrogens (primary N) is 1. The molecule has 1 aliphatic rings. The number of aliphatic hydroxyl groups is 1. The largest absolute Gasteiger partial charge is 0.399 e. The van der Waals surface area contributed by atoms with Crippen LogP contribution >= 0.6 is 0 Å². The number of nitrogens with zero attached hydrogens (tertiary/aromatic N) is 1. The highest BCUT2D eigenvalue weighted by Gasteiger charge is 2.33. The Morgan fingerprint density at radius 1 is 1.53 bits per heavy atom. The fourth-order valence-electron chi connectivity index (χ4n) is 2.30. The first-order valence-electron chi connectivity index (χ1n) is 6.28. The quantitative estimate of drug-likeness (QED) is 0.765. The number of nitrogen functional groups attached to an aromatic ring is 1. The van der Waals surface area contributed by atoms with Gasteiger partial charge in [0.15, 0.2) is 0 Å². The van der Waals surface area contributed by atoms with Crippen molar-refractivity contribution in [1.82, 2.24) is 4.90 Å². The molecule has 2 rings (SSSR count). The zero-order valence-corrected chi connectivity index (χ0v) is 10.6. The van der Waals surface area contributed by atoms with Gasteiger partial charge in [0.05, 0.1) is 6.10 Å². The topological polar surface area (TPSA) is 49.5 Å². The summed E-state index contributed by atoms with van der Waals surface area (Å²) in [7, 11) is 2.07. The van der Waals surface area contributed by atoms with Gasteiger partial charge < -0.3 is 15.7 Å². The Morgan fingerprint density at radius 3 is 2.82 bits per heavy atom. The molecule has 94 valence electrons. The SMILES string of the molecule is CC1CC1CN(C)CC(O)c1cccc(N)c1. The number of hydrogen-bond acceptors (Lipinski definition) is 3. The molecule has 0 bridgehead atoms. The molecule has 0 radical (unpaired) electrons. The molecule has 1 aromatic carbocycles. The fraction of sp³-hybridized carbons (Fsp3) is 0.571. The molecular weight excluding hydrogens is 212 g/mol. The lowest BCUT2D eigenvalue weighted by atomic mass is 10.1. The van der Waals surface area contributed by atoms with Crippen molar-refractivity contribution in [2.24, 2.45) is 11.8 Å². The molecular formula is C14H22N2O. The van der Waals surface area contributed by atoms with Gasteiger partial charge in [-0.2, -0.15) is 0 Å². The van der Waals surface area contributed by atoms with E-state index in [2.05, 4.69) is 18.9 Å². The molecule has 0 spiro atoms. The summed E-state index contributed by atoms with van der Waals surface area (Å²) >= 11 is 0. The zero-order valence-electron chi connectivity index (χ0n) is 10.6. The van der Waals surface area contributed by atoms with E-state index in [1.54, 1.807) is 0 Å². The fourth-order valence-corrected chi connectivity index (χ4v) is 2.30. The first-order chi connectivity index (χ1) is 8.06. The van der Waals surface area contributed by atoms with Crippen LogP contribution in [0.25, 0.3) is 0 Å². The Kier molecular flexibility index (Phi) is 3.69. The standard InChI is InChI=1S/C14H22N2O/c1-10-6-12(10)8-16(2)9-14(17)11-4-3-5-13(15)7-11/h3-5,7,10,12,14,17H,6,8-9,15H2,1-2H3. The van der Waals surface area contributed by atoms with Gasteiger partial charge in [-0.05, 0) is 43.0 Å². The van der Waals surface area contributed by atoms with Crippen LogP contribution in [-0.4, -0.2) is 30.1 Å². The lowest BCUT2D eigenvalue weighted by Gasteiger charge is -2.21. The van der Waals surface area contributed by atoms with Gasteiger partial charge in [0.1, 0.15) is 0 Å². The van der Waals surface area contributed by atoms with Crippen molar-refractivity contribution in [3.05, 3.63) is 29.8 Å². The predicted octanol–water partition coefficient (Wildman–Crippen LogP) is 1.89. The lowest BCUT2D eigenvalue weighted by Crippen LogP contribution is -2.27. The number of aliphatic hydroxyl groups excluding tert-OH is 1. The zero-order chi connectivity index (χ0) is 12.4. The van der Waals surface area contributed by atoms with Gasteiger partial charge in [-0.1, -0.05) is 19.1 Å². The molecule has 3 unspecified atom stereocenters. The summed E-state index contributed by atoms with van der Waals surface area (Å²) in [6, 6.07) is 7.50. The molecule has 17 heavy (non-hydrogen) atoms. The van der Waals surface area contributed by atoms with E-state index >= 15 is 0 Å². The van der Waals surface area contributed by atoms with Crippen molar-refractivity contribution in [3.8, 4) is 0 Å². The molecule has 0 aliphatic heterocycles. The number of rotatable bonds is 5. The third kappa shape index (κ3) is 3.45. The molecule has 1 aromatic rings. The van der Waals surface area contributed by atoms with Crippen molar-refractivity contribution >= 4 is 5.69 Å². The first kappa shape index (κ1) is 12.4. The average molecular weight is 234 g/mol. The smallest absolute Gasteiger partial charge is 0.0917 e. The maximum absolute atomic E-state index is 10.1. The Hall–Kier alpha value is -1.06. The molecule has 1 aliphatic carbocycles. The second kappa shape index (κ2) is 5.07. The van der Waals surface area contributed by atoms with Crippen molar-refractivity contribution < 1.29 is 5.11 Å². The van der Waals surface area contributed by atoms with Crippen molar-refractivity contribution in [1.29, 1.82) is 0 Å². The minimum Gasteiger partial charge on any atom is -0.399 e. The first-order valence-corrected chi connectivity index (χ1v) is 6.28. The highest BCUT2D eigenvalue weighted by molar-refractivity contribution is 5.41. The van der Waals surface area contributed by atoms with E-state index in [9.17, 15) is 5.11 Å². The number of benzene rings is 1. The highest BCUT2D eigenvalue weighted by Crippen LogP contribution is 2.38. The van der Waals surface area contributed by atoms with Crippen LogP contribution in [0, 0.1) is 11.8 Å². The Labute approximate surface area is 103 Å². The Morgan fingerprint density at radius 2 is 2.24 bits per heavy atom. The van der Waals surface area contributed by atoms with E-state index in [0.29, 0.717) is 12.2 Å². The second-order valence-corrected chi connectivity index (χ2v) is 5.38. The molecule has 3 atom stereocenters. The number of anilines is 1. The Balaban J connectivity index is 1.85. The predicted molar refractivity (Wildman–Crippen MR) is 70.6 cm³/mol. The number of likely N-dealkylation sites (N-methyl/N-ethyl adjacent to an activating group) is 1. The Bertz CT molecular complexity index is 380. The molecule has 0 heterocycles. The third-order valence-corrected chi connectivity index (χ3v) is 3.60. The van der Waals surface area contributed by atoms with Gasteiger partial charge in [0.2, 0.25) is 0 Å². The van der Waals surface area contributed by atoms with Crippen LogP contribution in [-0.2, 0) is 0 Å². The van der Waals surface area contributed by atoms with E-state index in [4.69, 9.17) is 5.73 Å². The maximum Gasteiger partial charge on any atom is 0.0917 e. The molecule has 3 N–H and O–H groups in total. The minimum atomic E-state index is -0.447. The molecule has 3 heteroatoms. The van der Waals surface area contributed by atoms with Crippen LogP contribution in [0.3, 0.4) is 0 Å². The van der Waals surface area contributed by atoms with Crippen LogP contribution in [0.1, 0.15) is 25.0 Å². The van der Waals surface area contributed by atoms with Gasteiger partial charge in [0, 0.05) is 18.8 Å². The molecule has 0 aromatic heterocycles. The summed E-state index contributed by atoms with van der Waals surface area (Å²) in [6.07, 6.45) is 0.885. The van der Waals surface area contributed by atoms with Gasteiger partial charge in [-0.3, -0.25) is 0 Å². The van der Waals surface area contributed by atoms with Gasteiger partial charge in [0.25, 0.3) is 0 Å². The summed E-state index contributed by atoms with van der Waals surface area (Å²) in [4.78, 5) is 2.21. The third-order valence-electron chi connectivity index (χ3n) is 3.60. The molecule has 1 fully saturated rings. The summed E-state index contributed by atoms with van der Waals surface area (Å²) in [5.41, 5.74) is 7.32. The van der Waals surface area contributed by atoms with Crippen molar-refractivity contribution in [2.75, 3.05) is 25.9 Å². The molecule has 3 nitrogen and oxygen atoms in total. The van der Waals surface area contributed by atoms with E-state index in [-0.39, 0.29) is 0 Å². The van der Waals surface area contributed by atoms with Gasteiger partial charge in [-0.15, -0.1) is 0 Å². The van der Waals surface area contributed by atoms with Gasteiger partial charge in [-0.25, -0.2) is 0 Å². The highest BCUT2D eigenvalue weighted by atomic mass is 16.3. The van der Waals surface area contributed by atoms with Crippen LogP contribution in [0.15, 0.2) is 24.3 Å². The van der Waals surface area contributed by atoms with Crippen LogP contribution in [0.2, 0.25) is 0 Å². The average Bonchev–Trinajstić information content (AvgIpc) is 2.93. The molecule has 0 amide bonds. The lowest BCUT2D eigenvalue weighted by molar-refractivity contribution is 0.124. The van der Waals surface area contributed by atoms with Crippen LogP contribution in [0.5, 0.6) is 0 Å². The summed E-state index contributed by atoms with van der Waals surface area (Å²) in [6.45, 7) is 4.04. The normalized spacial score (nSPS) is 24.9. The van der Waals surface area contributed by atoms with E-state index in [0.717, 1.165) is 23.9 Å². The monoisotopic (exact) mass is 234 g/mol. The van der Waals surface area contributed by atoms with Crippen LogP contribution < -0.4 is 5.73 Å². The second-order valence-electron chi connectivity index (χ2n) is 5.38. The molecule has 0 saturated heterocycles. The summed E-state index contributed by atoms with van der Waals surface area (Å²) in [5, 5.41) is 10.1. The summed E-state index contributed by atoms with van der Waals surface area (Å²) in [5.74, 6) is 1.69. The maximum atomic E-state index is 10.1. The minimum absolute atomic E-state index is 0.447. The van der Waals surface area contributed by atoms with E-state index in [1.807, 2.05) is 24.3 Å². The van der Waals surface area contributed by atoms with Crippen molar-refractivity contribution in [2.45, 2.75) is 19.4 Å². The van der Waals surface area contributed by atoms with Gasteiger partial charge >= 0.3 is 0 Å².